The highest BCUT2D eigenvalue weighted by atomic mass is 127. The summed E-state index contributed by atoms with van der Waals surface area (Å²) in [5.74, 6) is 0.434. The van der Waals surface area contributed by atoms with Gasteiger partial charge in [0, 0.05) is 9.26 Å². The number of halogens is 1. The third kappa shape index (κ3) is 2.51. The van der Waals surface area contributed by atoms with Crippen molar-refractivity contribution < 1.29 is 4.79 Å². The van der Waals surface area contributed by atoms with Crippen molar-refractivity contribution in [1.29, 1.82) is 0 Å². The summed E-state index contributed by atoms with van der Waals surface area (Å²) in [6.45, 7) is 2.11. The maximum Gasteiger partial charge on any atom is 0.237 e. The molecule has 3 N–H and O–H groups in total. The first-order valence-electron chi connectivity index (χ1n) is 5.81. The normalized spacial score (nSPS) is 26.2. The van der Waals surface area contributed by atoms with Crippen molar-refractivity contribution in [3.63, 3.8) is 0 Å². The molecule has 5 heteroatoms. The molecule has 0 bridgehead atoms. The number of hydrogen-bond donors (Lipinski definition) is 2. The number of carbonyl (C=O) groups excluding carboxylic acids is 1. The number of hydrogen-bond acceptors (Lipinski definition) is 2. The van der Waals surface area contributed by atoms with E-state index in [1.807, 2.05) is 24.3 Å². The Morgan fingerprint density at radius 3 is 2.44 bits per heavy atom. The summed E-state index contributed by atoms with van der Waals surface area (Å²) in [6.07, 6.45) is 1.50. The predicted molar refractivity (Wildman–Crippen MR) is 85.4 cm³/mol. The van der Waals surface area contributed by atoms with Crippen LogP contribution in [0.15, 0.2) is 24.3 Å². The molecule has 0 radical (unpaired) electrons. The van der Waals surface area contributed by atoms with Crippen LogP contribution < -0.4 is 11.1 Å². The van der Waals surface area contributed by atoms with Crippen LogP contribution in [0.2, 0.25) is 0 Å². The summed E-state index contributed by atoms with van der Waals surface area (Å²) in [5.41, 5.74) is 5.89. The predicted octanol–water partition coefficient (Wildman–Crippen LogP) is 2.93. The van der Waals surface area contributed by atoms with Gasteiger partial charge in [-0.2, -0.15) is 0 Å². The second-order valence-corrected chi connectivity index (χ2v) is 6.61. The summed E-state index contributed by atoms with van der Waals surface area (Å²) in [5, 5.41) is 2.90. The van der Waals surface area contributed by atoms with Crippen LogP contribution in [-0.2, 0) is 4.79 Å². The van der Waals surface area contributed by atoms with E-state index in [0.29, 0.717) is 10.9 Å². The van der Waals surface area contributed by atoms with Crippen LogP contribution in [-0.4, -0.2) is 10.9 Å². The number of nitrogens with one attached hydrogen (secondary N) is 1. The van der Waals surface area contributed by atoms with Gasteiger partial charge in [0.1, 0.15) is 0 Å². The molecule has 0 aromatic heterocycles. The Kier molecular flexibility index (Phi) is 3.91. The van der Waals surface area contributed by atoms with Crippen molar-refractivity contribution in [2.24, 2.45) is 17.1 Å². The van der Waals surface area contributed by atoms with Gasteiger partial charge in [0.05, 0.1) is 10.4 Å². The van der Waals surface area contributed by atoms with Crippen molar-refractivity contribution in [3.8, 4) is 0 Å². The number of anilines is 1. The highest BCUT2D eigenvalue weighted by Crippen LogP contribution is 2.46. The van der Waals surface area contributed by atoms with E-state index in [1.165, 1.54) is 0 Å². The smallest absolute Gasteiger partial charge is 0.237 e. The molecule has 0 aliphatic heterocycles. The number of amides is 1. The van der Waals surface area contributed by atoms with Crippen LogP contribution in [0.4, 0.5) is 5.69 Å². The molecule has 2 rings (SSSR count). The summed E-state index contributed by atoms with van der Waals surface area (Å²) in [4.78, 5) is 12.6. The van der Waals surface area contributed by atoms with Gasteiger partial charge in [-0.3, -0.25) is 4.79 Å². The molecule has 0 unspecified atom stereocenters. The van der Waals surface area contributed by atoms with E-state index >= 15 is 0 Å². The minimum atomic E-state index is -0.641. The van der Waals surface area contributed by atoms with Gasteiger partial charge in [-0.1, -0.05) is 19.1 Å². The SMILES string of the molecule is CC1CC(C(=O)Nc2ccc(I)cc2)(C(N)=S)C1. The Labute approximate surface area is 126 Å². The van der Waals surface area contributed by atoms with Gasteiger partial charge < -0.3 is 11.1 Å². The number of carbonyl (C=O) groups is 1. The molecule has 0 spiro atoms. The summed E-state index contributed by atoms with van der Waals surface area (Å²) in [7, 11) is 0. The maximum atomic E-state index is 12.3. The number of rotatable bonds is 3. The second kappa shape index (κ2) is 5.13. The molecule has 1 aliphatic carbocycles. The molecule has 18 heavy (non-hydrogen) atoms. The van der Waals surface area contributed by atoms with E-state index in [2.05, 4.69) is 34.8 Å². The van der Waals surface area contributed by atoms with Crippen LogP contribution >= 0.6 is 34.8 Å². The Bertz CT molecular complexity index is 480. The molecule has 1 amide bonds. The van der Waals surface area contributed by atoms with E-state index in [0.717, 1.165) is 22.1 Å². The van der Waals surface area contributed by atoms with Gasteiger partial charge in [0.15, 0.2) is 0 Å². The van der Waals surface area contributed by atoms with Gasteiger partial charge in [0.2, 0.25) is 5.91 Å². The molecule has 96 valence electrons. The summed E-state index contributed by atoms with van der Waals surface area (Å²) in [6, 6.07) is 7.67. The maximum absolute atomic E-state index is 12.3. The van der Waals surface area contributed by atoms with Crippen LogP contribution in [0, 0.1) is 14.9 Å². The van der Waals surface area contributed by atoms with Crippen LogP contribution in [0.1, 0.15) is 19.8 Å². The first-order valence-corrected chi connectivity index (χ1v) is 7.30. The van der Waals surface area contributed by atoms with Crippen molar-refractivity contribution in [3.05, 3.63) is 27.8 Å². The van der Waals surface area contributed by atoms with Gasteiger partial charge in [-0.05, 0) is 65.6 Å². The van der Waals surface area contributed by atoms with Crippen molar-refractivity contribution in [2.75, 3.05) is 5.32 Å². The topological polar surface area (TPSA) is 55.1 Å². The van der Waals surface area contributed by atoms with Gasteiger partial charge in [0.25, 0.3) is 0 Å². The zero-order valence-electron chi connectivity index (χ0n) is 10.1. The zero-order valence-corrected chi connectivity index (χ0v) is 13.0. The molecule has 1 aromatic rings. The fraction of sp³-hybridized carbons (Fsp3) is 0.385. The van der Waals surface area contributed by atoms with Crippen molar-refractivity contribution in [1.82, 2.24) is 0 Å². The number of thiocarbonyl (C=S) groups is 1. The van der Waals surface area contributed by atoms with Crippen molar-refractivity contribution >= 4 is 51.4 Å². The van der Waals surface area contributed by atoms with E-state index in [9.17, 15) is 4.79 Å². The Morgan fingerprint density at radius 1 is 1.44 bits per heavy atom. The van der Waals surface area contributed by atoms with E-state index < -0.39 is 5.41 Å². The zero-order chi connectivity index (χ0) is 13.3. The first-order chi connectivity index (χ1) is 8.44. The third-order valence-corrected chi connectivity index (χ3v) is 4.51. The average Bonchev–Trinajstić information content (AvgIpc) is 2.27. The van der Waals surface area contributed by atoms with Gasteiger partial charge >= 0.3 is 0 Å². The molecule has 0 saturated heterocycles. The van der Waals surface area contributed by atoms with E-state index in [4.69, 9.17) is 18.0 Å². The largest absolute Gasteiger partial charge is 0.392 e. The molecule has 1 saturated carbocycles. The molecule has 1 aromatic carbocycles. The van der Waals surface area contributed by atoms with Crippen LogP contribution in [0.3, 0.4) is 0 Å². The molecule has 1 aliphatic rings. The average molecular weight is 374 g/mol. The molecule has 1 fully saturated rings. The molecule has 3 nitrogen and oxygen atoms in total. The lowest BCUT2D eigenvalue weighted by atomic mass is 9.62. The Hall–Kier alpha value is -0.690. The Balaban J connectivity index is 2.11. The lowest BCUT2D eigenvalue weighted by Crippen LogP contribution is -2.53. The quantitative estimate of drug-likeness (QED) is 0.632. The van der Waals surface area contributed by atoms with Crippen molar-refractivity contribution in [2.45, 2.75) is 19.8 Å². The lowest BCUT2D eigenvalue weighted by molar-refractivity contribution is -0.127. The van der Waals surface area contributed by atoms with E-state index in [1.54, 1.807) is 0 Å². The molecule has 0 atom stereocenters. The Morgan fingerprint density at radius 2 is 2.00 bits per heavy atom. The summed E-state index contributed by atoms with van der Waals surface area (Å²) >= 11 is 7.29. The van der Waals surface area contributed by atoms with Crippen LogP contribution in [0.5, 0.6) is 0 Å². The number of benzene rings is 1. The highest BCUT2D eigenvalue weighted by molar-refractivity contribution is 14.1. The molecule has 0 heterocycles. The molecular weight excluding hydrogens is 359 g/mol. The fourth-order valence-corrected chi connectivity index (χ4v) is 3.03. The minimum absolute atomic E-state index is 0.0747. The monoisotopic (exact) mass is 374 g/mol. The van der Waals surface area contributed by atoms with E-state index in [-0.39, 0.29) is 5.91 Å². The number of nitrogens with two attached hydrogens (primary N) is 1. The van der Waals surface area contributed by atoms with Gasteiger partial charge in [-0.15, -0.1) is 0 Å². The first kappa shape index (κ1) is 13.7. The standard InChI is InChI=1S/C13H15IN2OS/c1-8-6-13(7-8,11(15)18)12(17)16-10-4-2-9(14)3-5-10/h2-5,8H,6-7H2,1H3,(H2,15,18)(H,16,17). The lowest BCUT2D eigenvalue weighted by Gasteiger charge is -2.44. The minimum Gasteiger partial charge on any atom is -0.392 e. The molecular formula is C13H15IN2OS. The fourth-order valence-electron chi connectivity index (χ4n) is 2.41. The summed E-state index contributed by atoms with van der Waals surface area (Å²) < 4.78 is 1.13. The second-order valence-electron chi connectivity index (χ2n) is 4.92. The van der Waals surface area contributed by atoms with Gasteiger partial charge in [-0.25, -0.2) is 0 Å². The third-order valence-electron chi connectivity index (χ3n) is 3.40. The highest BCUT2D eigenvalue weighted by Gasteiger charge is 2.50. The van der Waals surface area contributed by atoms with Crippen LogP contribution in [0.25, 0.3) is 0 Å².